The zero-order valence-corrected chi connectivity index (χ0v) is 16.4. The van der Waals surface area contributed by atoms with Crippen LogP contribution in [0.5, 0.6) is 5.75 Å². The van der Waals surface area contributed by atoms with Crippen molar-refractivity contribution in [3.05, 3.63) is 77.1 Å². The molecule has 28 heavy (non-hydrogen) atoms. The van der Waals surface area contributed by atoms with Gasteiger partial charge in [-0.1, -0.05) is 18.6 Å². The fourth-order valence-electron chi connectivity index (χ4n) is 4.22. The van der Waals surface area contributed by atoms with Crippen LogP contribution in [-0.4, -0.2) is 17.1 Å². The molecule has 0 aliphatic heterocycles. The summed E-state index contributed by atoms with van der Waals surface area (Å²) in [6.07, 6.45) is 8.28. The zero-order chi connectivity index (χ0) is 19.1. The van der Waals surface area contributed by atoms with Crippen molar-refractivity contribution in [3.8, 4) is 5.75 Å². The van der Waals surface area contributed by atoms with Crippen molar-refractivity contribution in [1.82, 2.24) is 9.97 Å². The number of benzene rings is 2. The van der Waals surface area contributed by atoms with E-state index in [1.807, 2.05) is 12.4 Å². The molecule has 0 radical (unpaired) electrons. The Bertz CT molecular complexity index is 1210. The van der Waals surface area contributed by atoms with Gasteiger partial charge < -0.3 is 9.72 Å². The minimum absolute atomic E-state index is 0.893. The average Bonchev–Trinajstić information content (AvgIpc) is 3.44. The predicted octanol–water partition coefficient (Wildman–Crippen LogP) is 6.27. The summed E-state index contributed by atoms with van der Waals surface area (Å²) in [4.78, 5) is 7.89. The molecular weight excluding hydrogens is 344 g/mol. The number of fused-ring (bicyclic) bond motifs is 2. The largest absolute Gasteiger partial charge is 0.496 e. The number of aromatic amines is 1. The first kappa shape index (κ1) is 17.1. The van der Waals surface area contributed by atoms with Crippen LogP contribution in [0, 0.1) is 0 Å². The molecule has 0 saturated heterocycles. The third kappa shape index (κ3) is 2.97. The van der Waals surface area contributed by atoms with Gasteiger partial charge in [-0.05, 0) is 78.1 Å². The van der Waals surface area contributed by atoms with E-state index in [1.54, 1.807) is 12.7 Å². The van der Waals surface area contributed by atoms with Gasteiger partial charge in [0.1, 0.15) is 5.75 Å². The summed E-state index contributed by atoms with van der Waals surface area (Å²) in [5, 5.41) is 2.48. The van der Waals surface area contributed by atoms with Gasteiger partial charge in [0, 0.05) is 34.9 Å². The molecule has 1 fully saturated rings. The van der Waals surface area contributed by atoms with Crippen LogP contribution in [-0.2, 0) is 6.42 Å². The summed E-state index contributed by atoms with van der Waals surface area (Å²) in [7, 11) is 1.76. The van der Waals surface area contributed by atoms with Crippen molar-refractivity contribution >= 4 is 27.4 Å². The average molecular weight is 368 g/mol. The lowest BCUT2D eigenvalue weighted by molar-refractivity contribution is 0.414. The molecule has 0 bridgehead atoms. The second-order valence-corrected chi connectivity index (χ2v) is 7.55. The second-order valence-electron chi connectivity index (χ2n) is 7.55. The Hall–Kier alpha value is -3.07. The number of H-pyrrole nitrogens is 1. The van der Waals surface area contributed by atoms with Crippen molar-refractivity contribution in [2.75, 3.05) is 7.11 Å². The van der Waals surface area contributed by atoms with E-state index in [0.29, 0.717) is 0 Å². The monoisotopic (exact) mass is 368 g/mol. The van der Waals surface area contributed by atoms with Gasteiger partial charge in [-0.25, -0.2) is 0 Å². The van der Waals surface area contributed by atoms with E-state index >= 15 is 0 Å². The van der Waals surface area contributed by atoms with Gasteiger partial charge in [0.05, 0.1) is 12.6 Å². The van der Waals surface area contributed by atoms with Crippen molar-refractivity contribution in [1.29, 1.82) is 0 Å². The summed E-state index contributed by atoms with van der Waals surface area (Å²) in [6, 6.07) is 15.3. The van der Waals surface area contributed by atoms with Crippen molar-refractivity contribution < 1.29 is 4.74 Å². The summed E-state index contributed by atoms with van der Waals surface area (Å²) < 4.78 is 5.73. The highest BCUT2D eigenvalue weighted by Gasteiger charge is 2.21. The smallest absolute Gasteiger partial charge is 0.128 e. The Kier molecular flexibility index (Phi) is 4.16. The molecule has 1 aliphatic carbocycles. The number of nitrogens with one attached hydrogen (secondary N) is 1. The van der Waals surface area contributed by atoms with Crippen LogP contribution >= 0.6 is 0 Å². The number of aromatic nitrogens is 2. The molecular formula is C25H24N2O. The molecule has 2 aromatic carbocycles. The van der Waals surface area contributed by atoms with Crippen LogP contribution in [0.25, 0.3) is 27.4 Å². The molecule has 0 atom stereocenters. The molecule has 1 saturated carbocycles. The molecule has 3 heteroatoms. The Morgan fingerprint density at radius 2 is 2.00 bits per heavy atom. The molecule has 4 aromatic rings. The molecule has 2 heterocycles. The third-order valence-corrected chi connectivity index (χ3v) is 5.77. The summed E-state index contributed by atoms with van der Waals surface area (Å²) in [5.41, 5.74) is 9.05. The highest BCUT2D eigenvalue weighted by atomic mass is 16.5. The highest BCUT2D eigenvalue weighted by Crippen LogP contribution is 2.42. The molecule has 140 valence electrons. The number of hydrogen-bond acceptors (Lipinski definition) is 2. The Balaban J connectivity index is 1.63. The van der Waals surface area contributed by atoms with E-state index in [2.05, 4.69) is 59.4 Å². The Morgan fingerprint density at radius 3 is 2.79 bits per heavy atom. The first-order valence-electron chi connectivity index (χ1n) is 9.99. The van der Waals surface area contributed by atoms with Gasteiger partial charge >= 0.3 is 0 Å². The van der Waals surface area contributed by atoms with Gasteiger partial charge in [0.2, 0.25) is 0 Å². The van der Waals surface area contributed by atoms with Gasteiger partial charge in [0.25, 0.3) is 0 Å². The lowest BCUT2D eigenvalue weighted by Crippen LogP contribution is -1.96. The quantitative estimate of drug-likeness (QED) is 0.450. The fourth-order valence-corrected chi connectivity index (χ4v) is 4.22. The number of methoxy groups -OCH3 is 1. The maximum atomic E-state index is 5.73. The predicted molar refractivity (Wildman–Crippen MR) is 116 cm³/mol. The second kappa shape index (κ2) is 6.83. The van der Waals surface area contributed by atoms with Gasteiger partial charge in [-0.3, -0.25) is 4.98 Å². The minimum atomic E-state index is 0.893. The number of pyridine rings is 1. The van der Waals surface area contributed by atoms with Crippen molar-refractivity contribution in [2.24, 2.45) is 0 Å². The van der Waals surface area contributed by atoms with Crippen molar-refractivity contribution in [2.45, 2.75) is 32.6 Å². The molecule has 2 aromatic heterocycles. The van der Waals surface area contributed by atoms with Crippen LogP contribution in [0.1, 0.15) is 42.9 Å². The van der Waals surface area contributed by atoms with E-state index in [9.17, 15) is 0 Å². The van der Waals surface area contributed by atoms with Gasteiger partial charge in [-0.15, -0.1) is 0 Å². The molecule has 5 rings (SSSR count). The fraction of sp³-hybridized carbons (Fsp3) is 0.240. The maximum Gasteiger partial charge on any atom is 0.128 e. The van der Waals surface area contributed by atoms with Gasteiger partial charge in [-0.2, -0.15) is 0 Å². The standard InChI is InChI=1S/C25H24N2O/c1-3-20(17-5-6-17)22-14-21-18(8-10-27-24(21)15-25(22)28-2)12-16-4-7-23-19(13-16)9-11-26-23/h4,7-11,13-15,26H,3,5-6,12H2,1-2H3. The van der Waals surface area contributed by atoms with E-state index in [0.717, 1.165) is 24.1 Å². The highest BCUT2D eigenvalue weighted by molar-refractivity contribution is 5.90. The third-order valence-electron chi connectivity index (χ3n) is 5.77. The molecule has 0 spiro atoms. The number of rotatable bonds is 5. The van der Waals surface area contributed by atoms with E-state index < -0.39 is 0 Å². The normalized spacial score (nSPS) is 13.3. The van der Waals surface area contributed by atoms with E-state index in [1.165, 1.54) is 51.4 Å². The van der Waals surface area contributed by atoms with E-state index in [-0.39, 0.29) is 0 Å². The molecule has 0 unspecified atom stereocenters. The lowest BCUT2D eigenvalue weighted by Gasteiger charge is -2.14. The van der Waals surface area contributed by atoms with E-state index in [4.69, 9.17) is 4.74 Å². The van der Waals surface area contributed by atoms with Crippen molar-refractivity contribution in [3.63, 3.8) is 0 Å². The first-order valence-corrected chi connectivity index (χ1v) is 9.99. The lowest BCUT2D eigenvalue weighted by atomic mass is 9.95. The van der Waals surface area contributed by atoms with Crippen LogP contribution in [0.4, 0.5) is 0 Å². The maximum absolute atomic E-state index is 5.73. The van der Waals surface area contributed by atoms with Crippen LogP contribution < -0.4 is 4.74 Å². The number of hydrogen-bond donors (Lipinski definition) is 1. The molecule has 3 nitrogen and oxygen atoms in total. The van der Waals surface area contributed by atoms with Crippen LogP contribution in [0.2, 0.25) is 0 Å². The van der Waals surface area contributed by atoms with Gasteiger partial charge in [0.15, 0.2) is 0 Å². The first-order chi connectivity index (χ1) is 13.8. The summed E-state index contributed by atoms with van der Waals surface area (Å²) in [6.45, 7) is 2.24. The number of ether oxygens (including phenoxy) is 1. The summed E-state index contributed by atoms with van der Waals surface area (Å²) in [5.74, 6) is 0.933. The molecule has 1 aliphatic rings. The van der Waals surface area contributed by atoms with Crippen LogP contribution in [0.3, 0.4) is 0 Å². The number of nitrogens with zero attached hydrogens (tertiary/aromatic N) is 1. The molecule has 1 N–H and O–H groups in total. The van der Waals surface area contributed by atoms with Crippen LogP contribution in [0.15, 0.2) is 60.4 Å². The molecule has 0 amide bonds. The minimum Gasteiger partial charge on any atom is -0.496 e. The SMILES string of the molecule is CCC(=C1CC1)c1cc2c(Cc3ccc4[nH]ccc4c3)ccnc2cc1OC. The zero-order valence-electron chi connectivity index (χ0n) is 16.4. The number of allylic oxidation sites excluding steroid dienone is 2. The Morgan fingerprint density at radius 1 is 1.11 bits per heavy atom. The topological polar surface area (TPSA) is 37.9 Å². The Labute approximate surface area is 165 Å². The summed E-state index contributed by atoms with van der Waals surface area (Å²) >= 11 is 0.